The summed E-state index contributed by atoms with van der Waals surface area (Å²) in [6, 6.07) is 9.22. The standard InChI is InChI=1S/C14H17NO2S2/c1-3-19(16,17)14-6-4-13(5-7-14)15-11(2)12-8-9-18-10-12/h4-11,15H,3H2,1-2H3. The Hall–Kier alpha value is -1.33. The molecule has 0 aliphatic heterocycles. The fraction of sp³-hybridized carbons (Fsp3) is 0.286. The molecule has 2 aromatic rings. The van der Waals surface area contributed by atoms with Gasteiger partial charge in [-0.25, -0.2) is 8.42 Å². The Morgan fingerprint density at radius 2 is 1.89 bits per heavy atom. The SMILES string of the molecule is CCS(=O)(=O)c1ccc(NC(C)c2ccsc2)cc1. The first kappa shape index (κ1) is 14.1. The molecule has 1 atom stereocenters. The van der Waals surface area contributed by atoms with Crippen LogP contribution in [0.2, 0.25) is 0 Å². The van der Waals surface area contributed by atoms with Crippen molar-refractivity contribution in [2.75, 3.05) is 11.1 Å². The number of thiophene rings is 1. The molecule has 19 heavy (non-hydrogen) atoms. The van der Waals surface area contributed by atoms with Gasteiger partial charge in [-0.05, 0) is 53.6 Å². The Balaban J connectivity index is 2.11. The predicted octanol–water partition coefficient (Wildman–Crippen LogP) is 3.71. The Morgan fingerprint density at radius 3 is 2.42 bits per heavy atom. The van der Waals surface area contributed by atoms with Crippen LogP contribution < -0.4 is 5.32 Å². The van der Waals surface area contributed by atoms with E-state index in [-0.39, 0.29) is 11.8 Å². The van der Waals surface area contributed by atoms with Crippen LogP contribution in [0.5, 0.6) is 0 Å². The van der Waals surface area contributed by atoms with Gasteiger partial charge in [0.15, 0.2) is 9.84 Å². The maximum atomic E-state index is 11.7. The number of benzene rings is 1. The number of hydrogen-bond acceptors (Lipinski definition) is 4. The zero-order valence-corrected chi connectivity index (χ0v) is 12.6. The third-order valence-corrected chi connectivity index (χ3v) is 5.47. The highest BCUT2D eigenvalue weighted by Gasteiger charge is 2.11. The molecule has 0 spiro atoms. The average Bonchev–Trinajstić information content (AvgIpc) is 2.93. The lowest BCUT2D eigenvalue weighted by Crippen LogP contribution is -2.06. The molecule has 1 aromatic carbocycles. The summed E-state index contributed by atoms with van der Waals surface area (Å²) in [6.07, 6.45) is 0. The Kier molecular flexibility index (Phi) is 4.27. The van der Waals surface area contributed by atoms with Crippen LogP contribution in [0.25, 0.3) is 0 Å². The Morgan fingerprint density at radius 1 is 1.21 bits per heavy atom. The second-order valence-electron chi connectivity index (χ2n) is 4.35. The van der Waals surface area contributed by atoms with Gasteiger partial charge in [-0.15, -0.1) is 0 Å². The number of rotatable bonds is 5. The summed E-state index contributed by atoms with van der Waals surface area (Å²) in [5, 5.41) is 7.50. The largest absolute Gasteiger partial charge is 0.378 e. The topological polar surface area (TPSA) is 46.2 Å². The lowest BCUT2D eigenvalue weighted by Gasteiger charge is -2.14. The van der Waals surface area contributed by atoms with Crippen LogP contribution in [0.3, 0.4) is 0 Å². The molecule has 1 N–H and O–H groups in total. The van der Waals surface area contributed by atoms with Crippen molar-refractivity contribution in [1.29, 1.82) is 0 Å². The predicted molar refractivity (Wildman–Crippen MR) is 80.5 cm³/mol. The smallest absolute Gasteiger partial charge is 0.178 e. The highest BCUT2D eigenvalue weighted by atomic mass is 32.2. The molecule has 1 heterocycles. The van der Waals surface area contributed by atoms with E-state index in [0.29, 0.717) is 4.90 Å². The molecule has 2 rings (SSSR count). The van der Waals surface area contributed by atoms with E-state index in [2.05, 4.69) is 23.7 Å². The molecule has 0 aliphatic carbocycles. The summed E-state index contributed by atoms with van der Waals surface area (Å²) in [7, 11) is -3.11. The van der Waals surface area contributed by atoms with Crippen LogP contribution in [0, 0.1) is 0 Å². The maximum absolute atomic E-state index is 11.7. The van der Waals surface area contributed by atoms with E-state index in [1.54, 1.807) is 30.4 Å². The third kappa shape index (κ3) is 3.36. The third-order valence-electron chi connectivity index (χ3n) is 3.02. The summed E-state index contributed by atoms with van der Waals surface area (Å²) in [5.74, 6) is 0.130. The number of sulfone groups is 1. The van der Waals surface area contributed by atoms with E-state index in [4.69, 9.17) is 0 Å². The molecule has 1 aromatic heterocycles. The summed E-state index contributed by atoms with van der Waals surface area (Å²) >= 11 is 1.67. The van der Waals surface area contributed by atoms with E-state index in [1.807, 2.05) is 17.5 Å². The molecular formula is C14H17NO2S2. The quantitative estimate of drug-likeness (QED) is 0.914. The Bertz CT molecular complexity index is 616. The summed E-state index contributed by atoms with van der Waals surface area (Å²) in [4.78, 5) is 0.378. The minimum atomic E-state index is -3.11. The van der Waals surface area contributed by atoms with Crippen molar-refractivity contribution in [1.82, 2.24) is 0 Å². The molecule has 0 fully saturated rings. The van der Waals surface area contributed by atoms with Crippen LogP contribution in [0.1, 0.15) is 25.5 Å². The molecule has 3 nitrogen and oxygen atoms in total. The zero-order valence-electron chi connectivity index (χ0n) is 11.0. The second-order valence-corrected chi connectivity index (χ2v) is 7.41. The van der Waals surface area contributed by atoms with Gasteiger partial charge in [0.05, 0.1) is 10.6 Å². The van der Waals surface area contributed by atoms with Gasteiger partial charge in [-0.1, -0.05) is 6.92 Å². The van der Waals surface area contributed by atoms with Gasteiger partial charge in [0.2, 0.25) is 0 Å². The summed E-state index contributed by atoms with van der Waals surface area (Å²) < 4.78 is 23.4. The van der Waals surface area contributed by atoms with Crippen LogP contribution in [-0.4, -0.2) is 14.2 Å². The second kappa shape index (κ2) is 5.75. The molecule has 0 radical (unpaired) electrons. The zero-order chi connectivity index (χ0) is 13.9. The molecule has 0 bridgehead atoms. The number of hydrogen-bond donors (Lipinski definition) is 1. The van der Waals surface area contributed by atoms with Gasteiger partial charge < -0.3 is 5.32 Å². The molecule has 0 aliphatic rings. The van der Waals surface area contributed by atoms with Crippen molar-refractivity contribution in [3.8, 4) is 0 Å². The minimum absolute atomic E-state index is 0.130. The van der Waals surface area contributed by atoms with Crippen LogP contribution in [0.15, 0.2) is 46.0 Å². The molecule has 0 saturated carbocycles. The lowest BCUT2D eigenvalue weighted by atomic mass is 10.2. The van der Waals surface area contributed by atoms with Crippen LogP contribution in [-0.2, 0) is 9.84 Å². The van der Waals surface area contributed by atoms with Gasteiger partial charge in [-0.2, -0.15) is 11.3 Å². The summed E-state index contributed by atoms with van der Waals surface area (Å²) in [5.41, 5.74) is 2.16. The van der Waals surface area contributed by atoms with Crippen molar-refractivity contribution in [2.24, 2.45) is 0 Å². The lowest BCUT2D eigenvalue weighted by molar-refractivity contribution is 0.597. The van der Waals surface area contributed by atoms with Crippen molar-refractivity contribution < 1.29 is 8.42 Å². The van der Waals surface area contributed by atoms with E-state index >= 15 is 0 Å². The fourth-order valence-corrected chi connectivity index (χ4v) is 3.42. The van der Waals surface area contributed by atoms with Gasteiger partial charge in [0.1, 0.15) is 0 Å². The maximum Gasteiger partial charge on any atom is 0.178 e. The monoisotopic (exact) mass is 295 g/mol. The molecular weight excluding hydrogens is 278 g/mol. The highest BCUT2D eigenvalue weighted by molar-refractivity contribution is 7.91. The molecule has 0 amide bonds. The molecule has 102 valence electrons. The van der Waals surface area contributed by atoms with E-state index in [9.17, 15) is 8.42 Å². The van der Waals surface area contributed by atoms with Crippen LogP contribution >= 0.6 is 11.3 Å². The fourth-order valence-electron chi connectivity index (χ4n) is 1.78. The van der Waals surface area contributed by atoms with Crippen molar-refractivity contribution in [3.05, 3.63) is 46.7 Å². The van der Waals surface area contributed by atoms with E-state index < -0.39 is 9.84 Å². The summed E-state index contributed by atoms with van der Waals surface area (Å²) in [6.45, 7) is 3.74. The van der Waals surface area contributed by atoms with Crippen molar-refractivity contribution in [3.63, 3.8) is 0 Å². The van der Waals surface area contributed by atoms with Crippen LogP contribution in [0.4, 0.5) is 5.69 Å². The normalized spacial score (nSPS) is 13.2. The van der Waals surface area contributed by atoms with Crippen molar-refractivity contribution in [2.45, 2.75) is 24.8 Å². The minimum Gasteiger partial charge on any atom is -0.378 e. The molecule has 5 heteroatoms. The molecule has 1 unspecified atom stereocenters. The average molecular weight is 295 g/mol. The van der Waals surface area contributed by atoms with Gasteiger partial charge in [0.25, 0.3) is 0 Å². The van der Waals surface area contributed by atoms with Gasteiger partial charge in [-0.3, -0.25) is 0 Å². The first-order valence-corrected chi connectivity index (χ1v) is 8.74. The van der Waals surface area contributed by atoms with E-state index in [0.717, 1.165) is 5.69 Å². The first-order valence-electron chi connectivity index (χ1n) is 6.14. The van der Waals surface area contributed by atoms with Gasteiger partial charge in [0, 0.05) is 11.7 Å². The highest BCUT2D eigenvalue weighted by Crippen LogP contribution is 2.22. The first-order chi connectivity index (χ1) is 9.03. The molecule has 0 saturated heterocycles. The Labute approximate surface area is 118 Å². The number of nitrogens with one attached hydrogen (secondary N) is 1. The van der Waals surface area contributed by atoms with E-state index in [1.165, 1.54) is 5.56 Å². The number of anilines is 1. The van der Waals surface area contributed by atoms with Crippen molar-refractivity contribution >= 4 is 26.9 Å². The van der Waals surface area contributed by atoms with Gasteiger partial charge >= 0.3 is 0 Å².